The standard InChI is InChI=1S/C29H32ClN5O3/c1-33-12-4-7-19(33)17-37-29-31-23-16-34(24-9-3-6-18-5-2-8-22(30)26(18)24)13-10-20(23)27(32-29)35-14-11-25-21(15-35)28(36)38-25/h2-3,5-6,8-9,19,21,25H,4,7,10-17H2,1H3/t19-,21?,25?/m0/s1. The summed E-state index contributed by atoms with van der Waals surface area (Å²) in [6.45, 7) is 4.61. The van der Waals surface area contributed by atoms with Crippen LogP contribution in [0.5, 0.6) is 6.01 Å². The third kappa shape index (κ3) is 4.14. The molecule has 0 spiro atoms. The molecule has 5 heterocycles. The number of aromatic nitrogens is 2. The topological polar surface area (TPSA) is 71.0 Å². The summed E-state index contributed by atoms with van der Waals surface area (Å²) in [5.41, 5.74) is 3.26. The van der Waals surface area contributed by atoms with Crippen LogP contribution in [-0.4, -0.2) is 72.8 Å². The van der Waals surface area contributed by atoms with Crippen LogP contribution in [0.2, 0.25) is 5.02 Å². The first kappa shape index (κ1) is 24.0. The molecule has 0 saturated carbocycles. The van der Waals surface area contributed by atoms with Crippen molar-refractivity contribution >= 4 is 39.8 Å². The summed E-state index contributed by atoms with van der Waals surface area (Å²) in [6.07, 6.45) is 4.01. The minimum Gasteiger partial charge on any atom is -0.462 e. The van der Waals surface area contributed by atoms with E-state index in [9.17, 15) is 4.79 Å². The molecular weight excluding hydrogens is 502 g/mol. The van der Waals surface area contributed by atoms with E-state index in [1.807, 2.05) is 12.1 Å². The molecule has 0 amide bonds. The Kier molecular flexibility index (Phi) is 6.04. The summed E-state index contributed by atoms with van der Waals surface area (Å²) in [4.78, 5) is 28.9. The molecule has 0 radical (unpaired) electrons. The lowest BCUT2D eigenvalue weighted by Gasteiger charge is -2.44. The van der Waals surface area contributed by atoms with Gasteiger partial charge in [0.15, 0.2) is 0 Å². The van der Waals surface area contributed by atoms with Gasteiger partial charge in [0.25, 0.3) is 0 Å². The smallest absolute Gasteiger partial charge is 0.318 e. The van der Waals surface area contributed by atoms with Crippen molar-refractivity contribution in [3.63, 3.8) is 0 Å². The number of likely N-dealkylation sites (tertiary alicyclic amines) is 1. The van der Waals surface area contributed by atoms with Crippen molar-refractivity contribution in [3.05, 3.63) is 52.7 Å². The number of hydrogen-bond acceptors (Lipinski definition) is 8. The van der Waals surface area contributed by atoms with E-state index < -0.39 is 0 Å². The van der Waals surface area contributed by atoms with Gasteiger partial charge in [-0.05, 0) is 50.4 Å². The Labute approximate surface area is 227 Å². The molecule has 4 aliphatic heterocycles. The number of hydrogen-bond donors (Lipinski definition) is 0. The van der Waals surface area contributed by atoms with Crippen LogP contribution in [0, 0.1) is 5.92 Å². The molecule has 0 aliphatic carbocycles. The Morgan fingerprint density at radius 3 is 2.76 bits per heavy atom. The van der Waals surface area contributed by atoms with Crippen LogP contribution in [0.25, 0.3) is 10.8 Å². The Morgan fingerprint density at radius 1 is 1.08 bits per heavy atom. The van der Waals surface area contributed by atoms with Gasteiger partial charge in [-0.15, -0.1) is 0 Å². The summed E-state index contributed by atoms with van der Waals surface area (Å²) in [7, 11) is 2.15. The molecule has 3 saturated heterocycles. The molecule has 0 bridgehead atoms. The fourth-order valence-corrected chi connectivity index (χ4v) is 6.75. The first-order valence-electron chi connectivity index (χ1n) is 13.7. The number of rotatable bonds is 5. The van der Waals surface area contributed by atoms with Gasteiger partial charge in [-0.3, -0.25) is 4.79 Å². The normalized spacial score (nSPS) is 25.1. The highest BCUT2D eigenvalue weighted by atomic mass is 35.5. The number of piperidine rings is 1. The van der Waals surface area contributed by atoms with Gasteiger partial charge in [0.05, 0.1) is 17.3 Å². The van der Waals surface area contributed by atoms with Gasteiger partial charge in [-0.2, -0.15) is 9.97 Å². The van der Waals surface area contributed by atoms with Gasteiger partial charge in [-0.25, -0.2) is 0 Å². The zero-order valence-corrected chi connectivity index (χ0v) is 22.4. The van der Waals surface area contributed by atoms with Crippen molar-refractivity contribution in [1.29, 1.82) is 0 Å². The van der Waals surface area contributed by atoms with E-state index in [1.54, 1.807) is 0 Å². The molecule has 4 aliphatic rings. The molecule has 7 rings (SSSR count). The first-order chi connectivity index (χ1) is 18.5. The number of benzene rings is 2. The predicted molar refractivity (Wildman–Crippen MR) is 147 cm³/mol. The third-order valence-corrected chi connectivity index (χ3v) is 9.01. The summed E-state index contributed by atoms with van der Waals surface area (Å²) < 4.78 is 11.6. The molecule has 0 N–H and O–H groups in total. The van der Waals surface area contributed by atoms with Gasteiger partial charge in [0.2, 0.25) is 0 Å². The average molecular weight is 534 g/mol. The first-order valence-corrected chi connectivity index (χ1v) is 14.0. The maximum Gasteiger partial charge on any atom is 0.318 e. The van der Waals surface area contributed by atoms with E-state index in [-0.39, 0.29) is 18.0 Å². The molecule has 9 heteroatoms. The highest BCUT2D eigenvalue weighted by molar-refractivity contribution is 6.36. The van der Waals surface area contributed by atoms with Crippen LogP contribution in [0.1, 0.15) is 30.5 Å². The van der Waals surface area contributed by atoms with Crippen molar-refractivity contribution in [2.24, 2.45) is 5.92 Å². The van der Waals surface area contributed by atoms with Crippen LogP contribution in [0.3, 0.4) is 0 Å². The minimum atomic E-state index is -0.0950. The minimum absolute atomic E-state index is 0.0524. The zero-order valence-electron chi connectivity index (χ0n) is 21.6. The Bertz CT molecular complexity index is 1390. The van der Waals surface area contributed by atoms with Crippen LogP contribution >= 0.6 is 11.6 Å². The van der Waals surface area contributed by atoms with E-state index in [1.165, 1.54) is 6.42 Å². The lowest BCUT2D eigenvalue weighted by Crippen LogP contribution is -2.56. The van der Waals surface area contributed by atoms with Gasteiger partial charge in [0.1, 0.15) is 24.4 Å². The molecule has 2 unspecified atom stereocenters. The maximum atomic E-state index is 12.1. The number of anilines is 2. The molecule has 198 valence electrons. The monoisotopic (exact) mass is 533 g/mol. The number of fused-ring (bicyclic) bond motifs is 3. The maximum absolute atomic E-state index is 12.1. The fourth-order valence-electron chi connectivity index (χ4n) is 6.48. The van der Waals surface area contributed by atoms with Crippen LogP contribution in [-0.2, 0) is 22.5 Å². The number of likely N-dealkylation sites (N-methyl/N-ethyl adjacent to an activating group) is 1. The number of esters is 1. The highest BCUT2D eigenvalue weighted by Crippen LogP contribution is 2.39. The SMILES string of the molecule is CN1CCC[C@H]1COc1nc2c(c(N3CCC4OC(=O)C4C3)n1)CCN(c1cccc3cccc(Cl)c13)C2. The van der Waals surface area contributed by atoms with Crippen LogP contribution in [0.4, 0.5) is 11.5 Å². The summed E-state index contributed by atoms with van der Waals surface area (Å²) >= 11 is 6.67. The second-order valence-electron chi connectivity index (χ2n) is 10.9. The molecule has 3 aromatic rings. The molecule has 3 atom stereocenters. The molecule has 8 nitrogen and oxygen atoms in total. The molecular formula is C29H32ClN5O3. The van der Waals surface area contributed by atoms with Crippen molar-refractivity contribution in [3.8, 4) is 6.01 Å². The van der Waals surface area contributed by atoms with Gasteiger partial charge >= 0.3 is 12.0 Å². The molecule has 2 aromatic carbocycles. The number of ether oxygens (including phenoxy) is 2. The number of halogens is 1. The molecule has 1 aromatic heterocycles. The number of nitrogens with zero attached hydrogens (tertiary/aromatic N) is 5. The second kappa shape index (κ2) is 9.58. The third-order valence-electron chi connectivity index (χ3n) is 8.69. The average Bonchev–Trinajstić information content (AvgIpc) is 3.35. The Morgan fingerprint density at radius 2 is 1.95 bits per heavy atom. The van der Waals surface area contributed by atoms with E-state index in [0.717, 1.165) is 77.5 Å². The van der Waals surface area contributed by atoms with E-state index in [4.69, 9.17) is 31.0 Å². The van der Waals surface area contributed by atoms with E-state index in [2.05, 4.69) is 46.0 Å². The lowest BCUT2D eigenvalue weighted by molar-refractivity contribution is -0.185. The van der Waals surface area contributed by atoms with Gasteiger partial charge in [0, 0.05) is 48.7 Å². The van der Waals surface area contributed by atoms with Crippen molar-refractivity contribution < 1.29 is 14.3 Å². The fraction of sp³-hybridized carbons (Fsp3) is 0.483. The van der Waals surface area contributed by atoms with E-state index in [0.29, 0.717) is 31.7 Å². The highest BCUT2D eigenvalue weighted by Gasteiger charge is 2.46. The summed E-state index contributed by atoms with van der Waals surface area (Å²) in [5, 5.41) is 2.96. The molecule has 38 heavy (non-hydrogen) atoms. The Balaban J connectivity index is 1.22. The van der Waals surface area contributed by atoms with Gasteiger partial charge < -0.3 is 24.2 Å². The van der Waals surface area contributed by atoms with Crippen LogP contribution < -0.4 is 14.5 Å². The number of carbonyl (C=O) groups is 1. The quantitative estimate of drug-likeness (QED) is 0.455. The number of carbonyl (C=O) groups excluding carboxylic acids is 1. The van der Waals surface area contributed by atoms with Crippen molar-refractivity contribution in [2.45, 2.75) is 44.4 Å². The predicted octanol–water partition coefficient (Wildman–Crippen LogP) is 4.07. The lowest BCUT2D eigenvalue weighted by atomic mass is 9.89. The van der Waals surface area contributed by atoms with Crippen molar-refractivity contribution in [2.75, 3.05) is 49.6 Å². The summed E-state index contributed by atoms with van der Waals surface area (Å²) in [5.74, 6) is 0.754. The second-order valence-corrected chi connectivity index (χ2v) is 11.4. The van der Waals surface area contributed by atoms with E-state index >= 15 is 0 Å². The van der Waals surface area contributed by atoms with Gasteiger partial charge in [-0.1, -0.05) is 35.9 Å². The summed E-state index contributed by atoms with van der Waals surface area (Å²) in [6, 6.07) is 13.2. The largest absolute Gasteiger partial charge is 0.462 e. The molecule has 3 fully saturated rings. The zero-order chi connectivity index (χ0) is 25.8. The Hall–Kier alpha value is -3.10. The van der Waals surface area contributed by atoms with Crippen LogP contribution in [0.15, 0.2) is 36.4 Å². The van der Waals surface area contributed by atoms with Crippen molar-refractivity contribution in [1.82, 2.24) is 14.9 Å².